The number of ether oxygens (including phenoxy) is 4. The summed E-state index contributed by atoms with van der Waals surface area (Å²) < 4.78 is 22.7. The van der Waals surface area contributed by atoms with E-state index < -0.39 is 86.8 Å². The van der Waals surface area contributed by atoms with E-state index in [4.69, 9.17) is 18.9 Å². The Hall–Kier alpha value is -1.79. The molecule has 0 aromatic rings. The van der Waals surface area contributed by atoms with Gasteiger partial charge in [-0.15, -0.1) is 0 Å². The summed E-state index contributed by atoms with van der Waals surface area (Å²) in [4.78, 5) is 13.2. The number of carbonyl (C=O) groups is 1. The standard InChI is InChI=1S/C55H101NO13/c1-3-5-7-9-11-13-15-17-18-19-20-21-22-23-24-25-26-27-28-30-32-34-36-38-44(59)43(56-47(60)39-37-35-33-31-29-16-14-12-10-8-6-4-2)42-66-54-52(65)50(63)53(46(41-58)68-54)69-55-51(64)49(62)48(61)45(40-57)67-55/h12,14,28,30,36,38,43-46,48-55,57-59,61-65H,3-11,13,15-27,29,31-35,37,39-42H2,1-2H3,(H,56,60)/b14-12-,30-28+,38-36+. The minimum absolute atomic E-state index is 0.260. The molecule has 2 heterocycles. The van der Waals surface area contributed by atoms with Crippen LogP contribution in [0.25, 0.3) is 0 Å². The third-order valence-electron chi connectivity index (χ3n) is 13.5. The number of aliphatic hydroxyl groups is 8. The fourth-order valence-electron chi connectivity index (χ4n) is 9.01. The molecule has 2 saturated heterocycles. The van der Waals surface area contributed by atoms with Crippen LogP contribution in [0.5, 0.6) is 0 Å². The molecule has 12 atom stereocenters. The molecule has 0 aromatic heterocycles. The van der Waals surface area contributed by atoms with Crippen LogP contribution >= 0.6 is 0 Å². The van der Waals surface area contributed by atoms with E-state index in [1.54, 1.807) is 6.08 Å². The molecule has 0 spiro atoms. The number of allylic oxidation sites excluding steroid dienone is 5. The zero-order valence-corrected chi connectivity index (χ0v) is 43.1. The lowest BCUT2D eigenvalue weighted by Crippen LogP contribution is -2.65. The van der Waals surface area contributed by atoms with Crippen LogP contribution in [0.4, 0.5) is 0 Å². The van der Waals surface area contributed by atoms with Gasteiger partial charge in [-0.05, 0) is 57.8 Å². The molecule has 14 nitrogen and oxygen atoms in total. The number of unbranched alkanes of at least 4 members (excludes halogenated alkanes) is 26. The van der Waals surface area contributed by atoms with Crippen molar-refractivity contribution < 1.29 is 64.6 Å². The van der Waals surface area contributed by atoms with Gasteiger partial charge < -0.3 is 65.1 Å². The van der Waals surface area contributed by atoms with Crippen molar-refractivity contribution in [3.63, 3.8) is 0 Å². The summed E-state index contributed by atoms with van der Waals surface area (Å²) in [5, 5.41) is 86.8. The molecule has 404 valence electrons. The SMILES string of the molecule is CCCCC/C=C\CCCCCCCC(=O)NC(COC1OC(CO)C(OC2OC(CO)C(O)C(O)C2O)C(O)C1O)C(O)/C=C/CC/C=C/CCCCCCCCCCCCCCCCCCC. The maximum Gasteiger partial charge on any atom is 0.220 e. The number of aliphatic hydroxyl groups excluding tert-OH is 8. The number of nitrogens with one attached hydrogen (secondary N) is 1. The van der Waals surface area contributed by atoms with Crippen molar-refractivity contribution in [3.8, 4) is 0 Å². The van der Waals surface area contributed by atoms with Crippen LogP contribution in [0.3, 0.4) is 0 Å². The molecular formula is C55H101NO13. The molecule has 69 heavy (non-hydrogen) atoms. The van der Waals surface area contributed by atoms with Gasteiger partial charge in [-0.2, -0.15) is 0 Å². The second kappa shape index (κ2) is 41.7. The normalized spacial score (nSPS) is 26.4. The molecule has 2 aliphatic rings. The molecule has 0 saturated carbocycles. The van der Waals surface area contributed by atoms with Gasteiger partial charge in [0, 0.05) is 6.42 Å². The van der Waals surface area contributed by atoms with Crippen LogP contribution in [0.2, 0.25) is 0 Å². The maximum atomic E-state index is 13.2. The molecule has 9 N–H and O–H groups in total. The van der Waals surface area contributed by atoms with Crippen molar-refractivity contribution in [1.82, 2.24) is 5.32 Å². The molecule has 2 rings (SSSR count). The number of hydrogen-bond acceptors (Lipinski definition) is 13. The van der Waals surface area contributed by atoms with Gasteiger partial charge in [0.1, 0.15) is 48.8 Å². The number of carbonyl (C=O) groups excluding carboxylic acids is 1. The Kier molecular flexibility index (Phi) is 38.2. The van der Waals surface area contributed by atoms with Crippen molar-refractivity contribution >= 4 is 5.91 Å². The van der Waals surface area contributed by atoms with Crippen LogP contribution in [0, 0.1) is 0 Å². The Morgan fingerprint density at radius 3 is 1.45 bits per heavy atom. The summed E-state index contributed by atoms with van der Waals surface area (Å²) in [6.07, 6.45) is 32.0. The zero-order chi connectivity index (χ0) is 50.3. The lowest BCUT2D eigenvalue weighted by atomic mass is 9.97. The van der Waals surface area contributed by atoms with Gasteiger partial charge in [0.2, 0.25) is 5.91 Å². The lowest BCUT2D eigenvalue weighted by molar-refractivity contribution is -0.359. The van der Waals surface area contributed by atoms with E-state index in [0.717, 1.165) is 51.4 Å². The molecule has 0 aromatic carbocycles. The molecule has 12 unspecified atom stereocenters. The fraction of sp³-hybridized carbons (Fsp3) is 0.873. The van der Waals surface area contributed by atoms with Gasteiger partial charge >= 0.3 is 0 Å². The second-order valence-electron chi connectivity index (χ2n) is 19.7. The molecular weight excluding hydrogens is 883 g/mol. The van der Waals surface area contributed by atoms with Crippen molar-refractivity contribution in [3.05, 3.63) is 36.5 Å². The number of amides is 1. The smallest absolute Gasteiger partial charge is 0.220 e. The summed E-state index contributed by atoms with van der Waals surface area (Å²) >= 11 is 0. The molecule has 1 amide bonds. The van der Waals surface area contributed by atoms with Crippen molar-refractivity contribution in [2.45, 2.75) is 286 Å². The highest BCUT2D eigenvalue weighted by atomic mass is 16.7. The van der Waals surface area contributed by atoms with E-state index in [9.17, 15) is 45.6 Å². The zero-order valence-electron chi connectivity index (χ0n) is 43.1. The van der Waals surface area contributed by atoms with Crippen molar-refractivity contribution in [1.29, 1.82) is 0 Å². The van der Waals surface area contributed by atoms with Crippen LogP contribution in [-0.4, -0.2) is 140 Å². The Bertz CT molecular complexity index is 1300. The van der Waals surface area contributed by atoms with Crippen molar-refractivity contribution in [2.24, 2.45) is 0 Å². The van der Waals surface area contributed by atoms with E-state index in [-0.39, 0.29) is 18.9 Å². The first kappa shape index (κ1) is 63.3. The summed E-state index contributed by atoms with van der Waals surface area (Å²) in [5.74, 6) is -0.260. The second-order valence-corrected chi connectivity index (χ2v) is 19.7. The summed E-state index contributed by atoms with van der Waals surface area (Å²) in [5.41, 5.74) is 0. The van der Waals surface area contributed by atoms with Gasteiger partial charge in [0.15, 0.2) is 12.6 Å². The van der Waals surface area contributed by atoms with Gasteiger partial charge in [-0.1, -0.05) is 185 Å². The average molecular weight is 984 g/mol. The fourth-order valence-corrected chi connectivity index (χ4v) is 9.01. The van der Waals surface area contributed by atoms with Gasteiger partial charge in [-0.25, -0.2) is 0 Å². The third-order valence-corrected chi connectivity index (χ3v) is 13.5. The summed E-state index contributed by atoms with van der Waals surface area (Å²) in [7, 11) is 0. The van der Waals surface area contributed by atoms with Crippen LogP contribution in [-0.2, 0) is 23.7 Å². The summed E-state index contributed by atoms with van der Waals surface area (Å²) in [6, 6.07) is -0.934. The van der Waals surface area contributed by atoms with E-state index in [0.29, 0.717) is 12.8 Å². The van der Waals surface area contributed by atoms with E-state index in [1.807, 2.05) is 6.08 Å². The predicted molar refractivity (Wildman–Crippen MR) is 272 cm³/mol. The highest BCUT2D eigenvalue weighted by molar-refractivity contribution is 5.76. The minimum Gasteiger partial charge on any atom is -0.394 e. The minimum atomic E-state index is -1.79. The summed E-state index contributed by atoms with van der Waals surface area (Å²) in [6.45, 7) is 2.74. The Balaban J connectivity index is 1.80. The average Bonchev–Trinajstić information content (AvgIpc) is 3.35. The topological polar surface area (TPSA) is 228 Å². The van der Waals surface area contributed by atoms with Crippen molar-refractivity contribution in [2.75, 3.05) is 19.8 Å². The van der Waals surface area contributed by atoms with E-state index in [1.165, 1.54) is 128 Å². The van der Waals surface area contributed by atoms with Gasteiger partial charge in [-0.3, -0.25) is 4.79 Å². The first-order valence-corrected chi connectivity index (χ1v) is 27.7. The molecule has 2 fully saturated rings. The Labute approximate surface area is 417 Å². The van der Waals surface area contributed by atoms with Crippen LogP contribution in [0.15, 0.2) is 36.5 Å². The van der Waals surface area contributed by atoms with E-state index >= 15 is 0 Å². The van der Waals surface area contributed by atoms with Crippen LogP contribution in [0.1, 0.15) is 213 Å². The van der Waals surface area contributed by atoms with Crippen LogP contribution < -0.4 is 5.32 Å². The number of hydrogen-bond donors (Lipinski definition) is 9. The first-order valence-electron chi connectivity index (χ1n) is 27.7. The molecule has 0 aliphatic carbocycles. The molecule has 14 heteroatoms. The lowest BCUT2D eigenvalue weighted by Gasteiger charge is -2.46. The van der Waals surface area contributed by atoms with E-state index in [2.05, 4.69) is 43.5 Å². The Morgan fingerprint density at radius 1 is 0.507 bits per heavy atom. The predicted octanol–water partition coefficient (Wildman–Crippen LogP) is 8.27. The molecule has 2 aliphatic heterocycles. The van der Waals surface area contributed by atoms with Gasteiger partial charge in [0.25, 0.3) is 0 Å². The third kappa shape index (κ3) is 28.3. The quantitative estimate of drug-likeness (QED) is 0.0207. The molecule has 0 bridgehead atoms. The largest absolute Gasteiger partial charge is 0.394 e. The first-order chi connectivity index (χ1) is 33.6. The van der Waals surface area contributed by atoms with Gasteiger partial charge in [0.05, 0.1) is 32.0 Å². The molecule has 0 radical (unpaired) electrons. The monoisotopic (exact) mass is 984 g/mol. The number of rotatable bonds is 43. The maximum absolute atomic E-state index is 13.2. The Morgan fingerprint density at radius 2 is 0.928 bits per heavy atom. The highest BCUT2D eigenvalue weighted by Gasteiger charge is 2.51. The highest BCUT2D eigenvalue weighted by Crippen LogP contribution is 2.30.